The highest BCUT2D eigenvalue weighted by molar-refractivity contribution is 6.23. The molecule has 0 bridgehead atoms. The zero-order chi connectivity index (χ0) is 24.0. The Morgan fingerprint density at radius 3 is 2.42 bits per heavy atom. The highest BCUT2D eigenvalue weighted by atomic mass is 16.6. The molecule has 172 valence electrons. The molecular formula is C23H23N3O7. The molecular weight excluding hydrogens is 430 g/mol. The van der Waals surface area contributed by atoms with E-state index < -0.39 is 22.7 Å². The highest BCUT2D eigenvalue weighted by Crippen LogP contribution is 2.30. The first kappa shape index (κ1) is 23.6. The van der Waals surface area contributed by atoms with Gasteiger partial charge in [0, 0.05) is 24.7 Å². The van der Waals surface area contributed by atoms with Gasteiger partial charge in [0.25, 0.3) is 17.5 Å². The molecule has 0 radical (unpaired) electrons. The number of fused-ring (bicyclic) bond motifs is 1. The van der Waals surface area contributed by atoms with Gasteiger partial charge in [-0.2, -0.15) is 0 Å². The van der Waals surface area contributed by atoms with E-state index in [0.717, 1.165) is 4.90 Å². The summed E-state index contributed by atoms with van der Waals surface area (Å²) in [6, 6.07) is 10.4. The maximum atomic E-state index is 12.5. The predicted octanol–water partition coefficient (Wildman–Crippen LogP) is 3.57. The molecule has 3 rings (SSSR count). The summed E-state index contributed by atoms with van der Waals surface area (Å²) in [5.41, 5.74) is 0.456. The number of anilines is 1. The highest BCUT2D eigenvalue weighted by Gasteiger charge is 2.40. The Bertz CT molecular complexity index is 1100. The van der Waals surface area contributed by atoms with Crippen molar-refractivity contribution in [2.75, 3.05) is 18.5 Å². The summed E-state index contributed by atoms with van der Waals surface area (Å²) in [7, 11) is 0. The van der Waals surface area contributed by atoms with Crippen LogP contribution in [0.2, 0.25) is 0 Å². The fourth-order valence-corrected chi connectivity index (χ4v) is 3.53. The lowest BCUT2D eigenvalue weighted by Gasteiger charge is -2.13. The molecule has 1 aliphatic rings. The predicted molar refractivity (Wildman–Crippen MR) is 118 cm³/mol. The molecule has 0 aliphatic carbocycles. The standard InChI is InChI=1S/C23H23N3O7/c1-2-33-23(30)15-10-12-16(13-11-15)24-19(27)9-4-3-5-14-25-21(28)17-7-6-8-18(26(31)32)20(17)22(25)29/h6-8,10-13H,2-5,9,14H2,1H3,(H,24,27). The normalized spacial score (nSPS) is 12.5. The van der Waals surface area contributed by atoms with Gasteiger partial charge in [0.15, 0.2) is 0 Å². The topological polar surface area (TPSA) is 136 Å². The van der Waals surface area contributed by atoms with E-state index in [1.165, 1.54) is 18.2 Å². The van der Waals surface area contributed by atoms with E-state index in [2.05, 4.69) is 5.32 Å². The van der Waals surface area contributed by atoms with Crippen molar-refractivity contribution in [1.82, 2.24) is 4.90 Å². The van der Waals surface area contributed by atoms with Gasteiger partial charge in [0.1, 0.15) is 5.56 Å². The van der Waals surface area contributed by atoms with E-state index in [1.54, 1.807) is 31.2 Å². The van der Waals surface area contributed by atoms with Gasteiger partial charge >= 0.3 is 5.97 Å². The van der Waals surface area contributed by atoms with Crippen molar-refractivity contribution >= 4 is 35.1 Å². The van der Waals surface area contributed by atoms with Crippen molar-refractivity contribution in [3.8, 4) is 0 Å². The molecule has 2 aromatic carbocycles. The number of nitrogens with one attached hydrogen (secondary N) is 1. The SMILES string of the molecule is CCOC(=O)c1ccc(NC(=O)CCCCCN2C(=O)c3cccc([N+](=O)[O-])c3C2=O)cc1. The van der Waals surface area contributed by atoms with Crippen LogP contribution in [0.4, 0.5) is 11.4 Å². The molecule has 3 amide bonds. The minimum Gasteiger partial charge on any atom is -0.462 e. The number of hydrogen-bond acceptors (Lipinski definition) is 7. The number of rotatable bonds is 10. The van der Waals surface area contributed by atoms with Gasteiger partial charge in [-0.05, 0) is 50.1 Å². The lowest BCUT2D eigenvalue weighted by atomic mass is 10.1. The van der Waals surface area contributed by atoms with Gasteiger partial charge < -0.3 is 10.1 Å². The zero-order valence-corrected chi connectivity index (χ0v) is 18.0. The quantitative estimate of drug-likeness (QED) is 0.191. The lowest BCUT2D eigenvalue weighted by molar-refractivity contribution is -0.385. The first-order valence-corrected chi connectivity index (χ1v) is 10.5. The van der Waals surface area contributed by atoms with Gasteiger partial charge in [-0.25, -0.2) is 4.79 Å². The zero-order valence-electron chi connectivity index (χ0n) is 18.0. The average Bonchev–Trinajstić information content (AvgIpc) is 3.04. The molecule has 0 saturated heterocycles. The number of ether oxygens (including phenoxy) is 1. The molecule has 33 heavy (non-hydrogen) atoms. The molecule has 0 fully saturated rings. The van der Waals surface area contributed by atoms with E-state index >= 15 is 0 Å². The second kappa shape index (κ2) is 10.5. The van der Waals surface area contributed by atoms with Crippen molar-refractivity contribution in [1.29, 1.82) is 0 Å². The molecule has 0 unspecified atom stereocenters. The van der Waals surface area contributed by atoms with Crippen LogP contribution in [0.25, 0.3) is 0 Å². The van der Waals surface area contributed by atoms with Gasteiger partial charge in [-0.15, -0.1) is 0 Å². The van der Waals surface area contributed by atoms with Crippen molar-refractivity contribution in [2.45, 2.75) is 32.6 Å². The Kier molecular flexibility index (Phi) is 7.50. The van der Waals surface area contributed by atoms with Crippen LogP contribution in [-0.2, 0) is 9.53 Å². The summed E-state index contributed by atoms with van der Waals surface area (Å²) in [6.45, 7) is 2.13. The summed E-state index contributed by atoms with van der Waals surface area (Å²) in [6.07, 6.45) is 1.84. The van der Waals surface area contributed by atoms with Crippen LogP contribution in [0.15, 0.2) is 42.5 Å². The van der Waals surface area contributed by atoms with Crippen LogP contribution in [0, 0.1) is 10.1 Å². The third-order valence-corrected chi connectivity index (χ3v) is 5.14. The molecule has 10 nitrogen and oxygen atoms in total. The third-order valence-electron chi connectivity index (χ3n) is 5.14. The number of nitrogens with zero attached hydrogens (tertiary/aromatic N) is 2. The smallest absolute Gasteiger partial charge is 0.338 e. The van der Waals surface area contributed by atoms with E-state index in [9.17, 15) is 29.3 Å². The Morgan fingerprint density at radius 2 is 1.76 bits per heavy atom. The molecule has 1 heterocycles. The number of carbonyl (C=O) groups excluding carboxylic acids is 4. The van der Waals surface area contributed by atoms with Crippen LogP contribution in [0.5, 0.6) is 0 Å². The average molecular weight is 453 g/mol. The fourth-order valence-electron chi connectivity index (χ4n) is 3.53. The van der Waals surface area contributed by atoms with Gasteiger partial charge in [-0.1, -0.05) is 12.5 Å². The first-order chi connectivity index (χ1) is 15.8. The summed E-state index contributed by atoms with van der Waals surface area (Å²) in [5.74, 6) is -1.83. The van der Waals surface area contributed by atoms with E-state index in [4.69, 9.17) is 4.74 Å². The lowest BCUT2D eigenvalue weighted by Crippen LogP contribution is -2.30. The molecule has 2 aromatic rings. The number of amides is 3. The third kappa shape index (κ3) is 5.40. The summed E-state index contributed by atoms with van der Waals surface area (Å²) in [5, 5.41) is 13.9. The molecule has 1 aliphatic heterocycles. The number of nitro groups is 1. The summed E-state index contributed by atoms with van der Waals surface area (Å²) < 4.78 is 4.91. The Morgan fingerprint density at radius 1 is 1.03 bits per heavy atom. The Labute approximate surface area is 189 Å². The molecule has 0 spiro atoms. The molecule has 0 aromatic heterocycles. The summed E-state index contributed by atoms with van der Waals surface area (Å²) in [4.78, 5) is 60.2. The number of carbonyl (C=O) groups is 4. The monoisotopic (exact) mass is 453 g/mol. The number of benzene rings is 2. The van der Waals surface area contributed by atoms with Gasteiger partial charge in [-0.3, -0.25) is 29.4 Å². The van der Waals surface area contributed by atoms with Gasteiger partial charge in [0.05, 0.1) is 22.7 Å². The minimum absolute atomic E-state index is 0.0440. The number of unbranched alkanes of at least 4 members (excludes halogenated alkanes) is 2. The Hall–Kier alpha value is -4.08. The van der Waals surface area contributed by atoms with Crippen molar-refractivity contribution in [3.05, 3.63) is 69.3 Å². The van der Waals surface area contributed by atoms with Crippen molar-refractivity contribution in [3.63, 3.8) is 0 Å². The first-order valence-electron chi connectivity index (χ1n) is 10.5. The molecule has 1 N–H and O–H groups in total. The van der Waals surface area contributed by atoms with Gasteiger partial charge in [0.2, 0.25) is 5.91 Å². The second-order valence-corrected chi connectivity index (χ2v) is 7.38. The van der Waals surface area contributed by atoms with E-state index in [-0.39, 0.29) is 42.3 Å². The molecule has 0 atom stereocenters. The molecule has 10 heteroatoms. The van der Waals surface area contributed by atoms with E-state index in [1.807, 2.05) is 0 Å². The van der Waals surface area contributed by atoms with Crippen LogP contribution < -0.4 is 5.32 Å². The number of esters is 1. The van der Waals surface area contributed by atoms with Crippen LogP contribution in [0.1, 0.15) is 63.7 Å². The second-order valence-electron chi connectivity index (χ2n) is 7.38. The Balaban J connectivity index is 1.43. The largest absolute Gasteiger partial charge is 0.462 e. The number of hydrogen-bond donors (Lipinski definition) is 1. The maximum Gasteiger partial charge on any atom is 0.338 e. The fraction of sp³-hybridized carbons (Fsp3) is 0.304. The molecule has 0 saturated carbocycles. The van der Waals surface area contributed by atoms with Crippen LogP contribution in [0.3, 0.4) is 0 Å². The van der Waals surface area contributed by atoms with Crippen molar-refractivity contribution in [2.24, 2.45) is 0 Å². The van der Waals surface area contributed by atoms with Crippen molar-refractivity contribution < 1.29 is 28.8 Å². The van der Waals surface area contributed by atoms with Crippen LogP contribution in [-0.4, -0.2) is 46.7 Å². The number of nitro benzene ring substituents is 1. The minimum atomic E-state index is -0.670. The van der Waals surface area contributed by atoms with E-state index in [0.29, 0.717) is 30.5 Å². The number of imide groups is 1. The maximum absolute atomic E-state index is 12.5. The van der Waals surface area contributed by atoms with Crippen LogP contribution >= 0.6 is 0 Å². The summed E-state index contributed by atoms with van der Waals surface area (Å²) >= 11 is 0.